The highest BCUT2D eigenvalue weighted by Crippen LogP contribution is 2.13. The Morgan fingerprint density at radius 3 is 2.76 bits per heavy atom. The summed E-state index contributed by atoms with van der Waals surface area (Å²) in [5.41, 5.74) is 1.40. The van der Waals surface area contributed by atoms with Crippen LogP contribution in [0.4, 0.5) is 0 Å². The molecule has 0 radical (unpaired) electrons. The molecule has 2 rings (SSSR count). The predicted molar refractivity (Wildman–Crippen MR) is 71.6 cm³/mol. The molecule has 0 aliphatic carbocycles. The molecule has 1 aromatic carbocycles. The second kappa shape index (κ2) is 6.39. The number of halogens is 1. The van der Waals surface area contributed by atoms with Crippen molar-refractivity contribution in [1.29, 1.82) is 0 Å². The number of alkyl halides is 1. The van der Waals surface area contributed by atoms with E-state index in [1.807, 2.05) is 0 Å². The van der Waals surface area contributed by atoms with Crippen molar-refractivity contribution in [3.05, 3.63) is 35.9 Å². The molecule has 1 aliphatic rings. The number of ether oxygens (including phenoxy) is 1. The summed E-state index contributed by atoms with van der Waals surface area (Å²) in [6, 6.07) is 10.6. The van der Waals surface area contributed by atoms with E-state index in [0.29, 0.717) is 12.0 Å². The molecular formula is C14H20ClNO. The minimum absolute atomic E-state index is 0.191. The summed E-state index contributed by atoms with van der Waals surface area (Å²) in [6.45, 7) is 5.18. The maximum absolute atomic E-state index is 5.88. The molecule has 3 heteroatoms. The van der Waals surface area contributed by atoms with Gasteiger partial charge >= 0.3 is 0 Å². The smallest absolute Gasteiger partial charge is 0.0841 e. The second-order valence-corrected chi connectivity index (χ2v) is 5.03. The Morgan fingerprint density at radius 2 is 2.06 bits per heavy atom. The third kappa shape index (κ3) is 3.98. The molecule has 1 heterocycles. The Morgan fingerprint density at radius 1 is 1.29 bits per heavy atom. The van der Waals surface area contributed by atoms with Crippen LogP contribution in [0.5, 0.6) is 0 Å². The van der Waals surface area contributed by atoms with Gasteiger partial charge in [-0.15, -0.1) is 11.6 Å². The molecule has 0 N–H and O–H groups in total. The lowest BCUT2D eigenvalue weighted by Crippen LogP contribution is -2.47. The number of morpholine rings is 1. The van der Waals surface area contributed by atoms with Crippen LogP contribution in [0.15, 0.2) is 30.3 Å². The van der Waals surface area contributed by atoms with Crippen molar-refractivity contribution in [2.75, 3.05) is 25.5 Å². The highest BCUT2D eigenvalue weighted by molar-refractivity contribution is 6.18. The normalized spacial score (nSPS) is 26.0. The molecule has 1 aromatic rings. The third-order valence-electron chi connectivity index (χ3n) is 3.13. The molecule has 1 saturated heterocycles. The van der Waals surface area contributed by atoms with Crippen LogP contribution in [-0.2, 0) is 11.2 Å². The highest BCUT2D eigenvalue weighted by Gasteiger charge is 2.23. The van der Waals surface area contributed by atoms with E-state index in [1.165, 1.54) is 5.56 Å². The van der Waals surface area contributed by atoms with E-state index in [1.54, 1.807) is 0 Å². The summed E-state index contributed by atoms with van der Waals surface area (Å²) >= 11 is 5.88. The highest BCUT2D eigenvalue weighted by atomic mass is 35.5. The molecule has 2 unspecified atom stereocenters. The number of benzene rings is 1. The van der Waals surface area contributed by atoms with Gasteiger partial charge in [0.25, 0.3) is 0 Å². The van der Waals surface area contributed by atoms with Crippen molar-refractivity contribution in [2.24, 2.45) is 0 Å². The van der Waals surface area contributed by atoms with Gasteiger partial charge in [-0.2, -0.15) is 0 Å². The van der Waals surface area contributed by atoms with Crippen molar-refractivity contribution in [3.63, 3.8) is 0 Å². The molecule has 2 nitrogen and oxygen atoms in total. The first-order chi connectivity index (χ1) is 8.28. The molecule has 0 spiro atoms. The SMILES string of the molecule is CC1CN(CCc2ccccc2)CC(CCl)O1. The molecular weight excluding hydrogens is 234 g/mol. The molecule has 17 heavy (non-hydrogen) atoms. The Hall–Kier alpha value is -0.570. The second-order valence-electron chi connectivity index (χ2n) is 4.72. The Labute approximate surface area is 109 Å². The van der Waals surface area contributed by atoms with Gasteiger partial charge in [0, 0.05) is 25.5 Å². The van der Waals surface area contributed by atoms with Gasteiger partial charge in [-0.3, -0.25) is 4.90 Å². The van der Waals surface area contributed by atoms with Crippen LogP contribution in [0.1, 0.15) is 12.5 Å². The molecule has 94 valence electrons. The largest absolute Gasteiger partial charge is 0.371 e. The van der Waals surface area contributed by atoms with Crippen molar-refractivity contribution in [2.45, 2.75) is 25.6 Å². The third-order valence-corrected chi connectivity index (χ3v) is 3.48. The number of hydrogen-bond acceptors (Lipinski definition) is 2. The minimum atomic E-state index is 0.191. The predicted octanol–water partition coefficient (Wildman–Crippen LogP) is 2.56. The van der Waals surface area contributed by atoms with E-state index in [-0.39, 0.29) is 6.10 Å². The van der Waals surface area contributed by atoms with Crippen LogP contribution >= 0.6 is 11.6 Å². The van der Waals surface area contributed by atoms with Crippen LogP contribution in [0.3, 0.4) is 0 Å². The molecule has 0 amide bonds. The molecule has 1 aliphatic heterocycles. The average Bonchev–Trinajstić information content (AvgIpc) is 2.37. The zero-order valence-corrected chi connectivity index (χ0v) is 11.1. The van der Waals surface area contributed by atoms with Gasteiger partial charge < -0.3 is 4.74 Å². The topological polar surface area (TPSA) is 12.5 Å². The monoisotopic (exact) mass is 253 g/mol. The fraction of sp³-hybridized carbons (Fsp3) is 0.571. The molecule has 2 atom stereocenters. The van der Waals surface area contributed by atoms with Crippen LogP contribution < -0.4 is 0 Å². The summed E-state index contributed by atoms with van der Waals surface area (Å²) in [6.07, 6.45) is 1.59. The van der Waals surface area contributed by atoms with Crippen molar-refractivity contribution < 1.29 is 4.74 Å². The van der Waals surface area contributed by atoms with Gasteiger partial charge in [-0.25, -0.2) is 0 Å². The Kier molecular flexibility index (Phi) is 4.84. The first-order valence-electron chi connectivity index (χ1n) is 6.25. The standard InChI is InChI=1S/C14H20ClNO/c1-12-10-16(11-14(9-15)17-12)8-7-13-5-3-2-4-6-13/h2-6,12,14H,7-11H2,1H3. The summed E-state index contributed by atoms with van der Waals surface area (Å²) in [5.74, 6) is 0.589. The van der Waals surface area contributed by atoms with Gasteiger partial charge in [0.05, 0.1) is 12.2 Å². The van der Waals surface area contributed by atoms with E-state index >= 15 is 0 Å². The van der Waals surface area contributed by atoms with E-state index in [9.17, 15) is 0 Å². The molecule has 0 aromatic heterocycles. The molecule has 0 saturated carbocycles. The maximum atomic E-state index is 5.88. The fourth-order valence-corrected chi connectivity index (χ4v) is 2.51. The van der Waals surface area contributed by atoms with Crippen molar-refractivity contribution in [3.8, 4) is 0 Å². The van der Waals surface area contributed by atoms with Crippen molar-refractivity contribution >= 4 is 11.6 Å². The van der Waals surface area contributed by atoms with Gasteiger partial charge in [0.2, 0.25) is 0 Å². The van der Waals surface area contributed by atoms with Gasteiger partial charge in [0.15, 0.2) is 0 Å². The van der Waals surface area contributed by atoms with E-state index < -0.39 is 0 Å². The first kappa shape index (κ1) is 12.9. The van der Waals surface area contributed by atoms with Crippen LogP contribution in [-0.4, -0.2) is 42.6 Å². The lowest BCUT2D eigenvalue weighted by atomic mass is 10.1. The number of nitrogens with zero attached hydrogens (tertiary/aromatic N) is 1. The lowest BCUT2D eigenvalue weighted by molar-refractivity contribution is -0.0659. The number of hydrogen-bond donors (Lipinski definition) is 0. The average molecular weight is 254 g/mol. The summed E-state index contributed by atoms with van der Waals surface area (Å²) in [5, 5.41) is 0. The minimum Gasteiger partial charge on any atom is -0.371 e. The van der Waals surface area contributed by atoms with Crippen molar-refractivity contribution in [1.82, 2.24) is 4.90 Å². The lowest BCUT2D eigenvalue weighted by Gasteiger charge is -2.36. The number of rotatable bonds is 4. The van der Waals surface area contributed by atoms with E-state index in [4.69, 9.17) is 16.3 Å². The molecule has 0 bridgehead atoms. The van der Waals surface area contributed by atoms with Gasteiger partial charge in [0.1, 0.15) is 0 Å². The molecule has 1 fully saturated rings. The summed E-state index contributed by atoms with van der Waals surface area (Å²) in [7, 11) is 0. The fourth-order valence-electron chi connectivity index (χ4n) is 2.34. The maximum Gasteiger partial charge on any atom is 0.0841 e. The van der Waals surface area contributed by atoms with E-state index in [0.717, 1.165) is 26.1 Å². The van der Waals surface area contributed by atoms with E-state index in [2.05, 4.69) is 42.2 Å². The first-order valence-corrected chi connectivity index (χ1v) is 6.79. The van der Waals surface area contributed by atoms with Crippen LogP contribution in [0.25, 0.3) is 0 Å². The quantitative estimate of drug-likeness (QED) is 0.765. The summed E-state index contributed by atoms with van der Waals surface area (Å²) in [4.78, 5) is 2.45. The van der Waals surface area contributed by atoms with Crippen LogP contribution in [0.2, 0.25) is 0 Å². The zero-order chi connectivity index (χ0) is 12.1. The van der Waals surface area contributed by atoms with Crippen LogP contribution in [0, 0.1) is 0 Å². The Bertz CT molecular complexity index is 330. The Balaban J connectivity index is 1.82. The van der Waals surface area contributed by atoms with Gasteiger partial charge in [-0.05, 0) is 18.9 Å². The zero-order valence-electron chi connectivity index (χ0n) is 10.3. The van der Waals surface area contributed by atoms with Gasteiger partial charge in [-0.1, -0.05) is 30.3 Å². The summed E-state index contributed by atoms with van der Waals surface area (Å²) < 4.78 is 5.74.